The minimum absolute atomic E-state index is 0.146. The number of aromatic nitrogens is 2. The molecule has 0 radical (unpaired) electrons. The number of carboxylic acids is 1. The van der Waals surface area contributed by atoms with Gasteiger partial charge in [-0.15, -0.1) is 10.2 Å². The van der Waals surface area contributed by atoms with Crippen LogP contribution in [-0.4, -0.2) is 20.5 Å². The van der Waals surface area contributed by atoms with E-state index in [2.05, 4.69) is 15.2 Å². The zero-order chi connectivity index (χ0) is 14.8. The molecule has 6 nitrogen and oxygen atoms in total. The van der Waals surface area contributed by atoms with Gasteiger partial charge in [-0.3, -0.25) is 4.40 Å². The summed E-state index contributed by atoms with van der Waals surface area (Å²) in [4.78, 5) is 15.3. The average Bonchev–Trinajstić information content (AvgIpc) is 2.84. The van der Waals surface area contributed by atoms with Crippen molar-refractivity contribution >= 4 is 34.7 Å². The van der Waals surface area contributed by atoms with Crippen LogP contribution in [-0.2, 0) is 0 Å². The van der Waals surface area contributed by atoms with Crippen LogP contribution in [0.1, 0.15) is 10.5 Å². The van der Waals surface area contributed by atoms with Crippen LogP contribution in [0.15, 0.2) is 58.9 Å². The first-order valence-electron chi connectivity index (χ1n) is 6.03. The molecule has 0 aliphatic rings. The van der Waals surface area contributed by atoms with Crippen molar-refractivity contribution in [2.45, 2.75) is 0 Å². The zero-order valence-corrected chi connectivity index (χ0v) is 11.4. The third-order valence-corrected chi connectivity index (χ3v) is 3.01. The minimum Gasteiger partial charge on any atom is -0.476 e. The van der Waals surface area contributed by atoms with E-state index in [1.54, 1.807) is 53.1 Å². The lowest BCUT2D eigenvalue weighted by Crippen LogP contribution is -1.96. The Labute approximate surface area is 124 Å². The highest BCUT2D eigenvalue weighted by molar-refractivity contribution is 6.30. The lowest BCUT2D eigenvalue weighted by Gasteiger charge is -1.96. The molecule has 1 aromatic carbocycles. The van der Waals surface area contributed by atoms with Crippen LogP contribution in [0, 0.1) is 0 Å². The summed E-state index contributed by atoms with van der Waals surface area (Å²) in [6, 6.07) is 12.0. The molecule has 0 bridgehead atoms. The third kappa shape index (κ3) is 2.61. The summed E-state index contributed by atoms with van der Waals surface area (Å²) in [5.41, 5.74) is 0.881. The summed E-state index contributed by atoms with van der Waals surface area (Å²) >= 11 is 5.87. The van der Waals surface area contributed by atoms with Gasteiger partial charge in [-0.25, -0.2) is 9.78 Å². The van der Waals surface area contributed by atoms with E-state index in [0.29, 0.717) is 16.4 Å². The first kappa shape index (κ1) is 13.3. The van der Waals surface area contributed by atoms with Gasteiger partial charge in [-0.05, 0) is 30.3 Å². The van der Waals surface area contributed by atoms with Gasteiger partial charge < -0.3 is 5.11 Å². The molecular formula is C14H9ClN4O2. The molecular weight excluding hydrogens is 292 g/mol. The SMILES string of the molecule is O=C(O)c1nc2ccccn2c1N=Nc1cccc(Cl)c1. The van der Waals surface area contributed by atoms with Crippen molar-refractivity contribution in [2.24, 2.45) is 10.2 Å². The summed E-state index contributed by atoms with van der Waals surface area (Å²) in [5, 5.41) is 17.8. The topological polar surface area (TPSA) is 79.3 Å². The molecule has 0 aliphatic heterocycles. The molecule has 7 heteroatoms. The van der Waals surface area contributed by atoms with E-state index in [1.807, 2.05) is 0 Å². The van der Waals surface area contributed by atoms with Crippen molar-refractivity contribution in [1.29, 1.82) is 0 Å². The fraction of sp³-hybridized carbons (Fsp3) is 0. The molecule has 3 aromatic rings. The minimum atomic E-state index is -1.15. The van der Waals surface area contributed by atoms with Crippen molar-refractivity contribution in [2.75, 3.05) is 0 Å². The Hall–Kier alpha value is -2.73. The molecule has 0 saturated heterocycles. The van der Waals surface area contributed by atoms with E-state index >= 15 is 0 Å². The molecule has 0 saturated carbocycles. The summed E-state index contributed by atoms with van der Waals surface area (Å²) in [5.74, 6) is -0.989. The Bertz CT molecular complexity index is 857. The largest absolute Gasteiger partial charge is 0.476 e. The van der Waals surface area contributed by atoms with E-state index < -0.39 is 5.97 Å². The maximum absolute atomic E-state index is 11.3. The number of azo groups is 1. The molecule has 0 atom stereocenters. The maximum Gasteiger partial charge on any atom is 0.358 e. The fourth-order valence-corrected chi connectivity index (χ4v) is 2.05. The molecule has 104 valence electrons. The van der Waals surface area contributed by atoms with Gasteiger partial charge >= 0.3 is 5.97 Å². The number of benzene rings is 1. The molecule has 0 aliphatic carbocycles. The molecule has 2 heterocycles. The predicted molar refractivity (Wildman–Crippen MR) is 77.8 cm³/mol. The number of carboxylic acid groups (broad SMARTS) is 1. The molecule has 0 amide bonds. The van der Waals surface area contributed by atoms with E-state index in [0.717, 1.165) is 0 Å². The second-order valence-corrected chi connectivity index (χ2v) is 4.63. The number of hydrogen-bond donors (Lipinski definition) is 1. The van der Waals surface area contributed by atoms with E-state index in [9.17, 15) is 9.90 Å². The molecule has 0 unspecified atom stereocenters. The van der Waals surface area contributed by atoms with Crippen LogP contribution in [0.3, 0.4) is 0 Å². The monoisotopic (exact) mass is 300 g/mol. The van der Waals surface area contributed by atoms with Gasteiger partial charge in [-0.2, -0.15) is 0 Å². The first-order chi connectivity index (χ1) is 10.1. The van der Waals surface area contributed by atoms with Crippen molar-refractivity contribution in [3.05, 3.63) is 59.4 Å². The van der Waals surface area contributed by atoms with Gasteiger partial charge in [0, 0.05) is 11.2 Å². The molecule has 2 aromatic heterocycles. The maximum atomic E-state index is 11.3. The van der Waals surface area contributed by atoms with Crippen LogP contribution in [0.5, 0.6) is 0 Å². The number of halogens is 1. The number of fused-ring (bicyclic) bond motifs is 1. The molecule has 21 heavy (non-hydrogen) atoms. The normalized spacial score (nSPS) is 11.3. The number of imidazole rings is 1. The second-order valence-electron chi connectivity index (χ2n) is 4.20. The molecule has 0 spiro atoms. The number of carbonyl (C=O) groups is 1. The Morgan fingerprint density at radius 1 is 1.19 bits per heavy atom. The quantitative estimate of drug-likeness (QED) is 0.739. The number of hydrogen-bond acceptors (Lipinski definition) is 4. The Kier molecular flexibility index (Phi) is 3.37. The van der Waals surface area contributed by atoms with E-state index in [-0.39, 0.29) is 11.5 Å². The summed E-state index contributed by atoms with van der Waals surface area (Å²) in [6.07, 6.45) is 1.68. The van der Waals surface area contributed by atoms with E-state index in [1.165, 1.54) is 0 Å². The zero-order valence-electron chi connectivity index (χ0n) is 10.6. The highest BCUT2D eigenvalue weighted by Crippen LogP contribution is 2.25. The third-order valence-electron chi connectivity index (χ3n) is 2.78. The summed E-state index contributed by atoms with van der Waals surface area (Å²) < 4.78 is 1.57. The number of nitrogens with zero attached hydrogens (tertiary/aromatic N) is 4. The highest BCUT2D eigenvalue weighted by Gasteiger charge is 2.17. The van der Waals surface area contributed by atoms with E-state index in [4.69, 9.17) is 11.6 Å². The number of rotatable bonds is 3. The van der Waals surface area contributed by atoms with Crippen LogP contribution in [0.2, 0.25) is 5.02 Å². The Morgan fingerprint density at radius 3 is 2.81 bits per heavy atom. The first-order valence-corrected chi connectivity index (χ1v) is 6.40. The van der Waals surface area contributed by atoms with Crippen molar-refractivity contribution < 1.29 is 9.90 Å². The van der Waals surface area contributed by atoms with Crippen molar-refractivity contribution in [3.63, 3.8) is 0 Å². The van der Waals surface area contributed by atoms with Gasteiger partial charge in [0.1, 0.15) is 5.65 Å². The van der Waals surface area contributed by atoms with Gasteiger partial charge in [0.15, 0.2) is 11.5 Å². The Balaban J connectivity index is 2.11. The van der Waals surface area contributed by atoms with Crippen LogP contribution in [0.25, 0.3) is 5.65 Å². The molecule has 1 N–H and O–H groups in total. The van der Waals surface area contributed by atoms with Crippen LogP contribution >= 0.6 is 11.6 Å². The standard InChI is InChI=1S/C14H9ClN4O2/c15-9-4-3-5-10(8-9)17-18-13-12(14(20)21)16-11-6-1-2-7-19(11)13/h1-8H,(H,20,21). The molecule has 3 rings (SSSR count). The highest BCUT2D eigenvalue weighted by atomic mass is 35.5. The molecule has 0 fully saturated rings. The number of aromatic carboxylic acids is 1. The van der Waals surface area contributed by atoms with Crippen molar-refractivity contribution in [1.82, 2.24) is 9.38 Å². The lowest BCUT2D eigenvalue weighted by molar-refractivity contribution is 0.0692. The van der Waals surface area contributed by atoms with Gasteiger partial charge in [0.05, 0.1) is 5.69 Å². The van der Waals surface area contributed by atoms with Gasteiger partial charge in [-0.1, -0.05) is 23.7 Å². The lowest BCUT2D eigenvalue weighted by atomic mass is 10.3. The second kappa shape index (κ2) is 5.34. The smallest absolute Gasteiger partial charge is 0.358 e. The van der Waals surface area contributed by atoms with Crippen molar-refractivity contribution in [3.8, 4) is 0 Å². The van der Waals surface area contributed by atoms with Gasteiger partial charge in [0.2, 0.25) is 0 Å². The predicted octanol–water partition coefficient (Wildman–Crippen LogP) is 4.10. The average molecular weight is 301 g/mol. The van der Waals surface area contributed by atoms with Gasteiger partial charge in [0.25, 0.3) is 0 Å². The Morgan fingerprint density at radius 2 is 2.05 bits per heavy atom. The summed E-state index contributed by atoms with van der Waals surface area (Å²) in [7, 11) is 0. The van der Waals surface area contributed by atoms with Crippen LogP contribution < -0.4 is 0 Å². The fourth-order valence-electron chi connectivity index (χ4n) is 1.87. The summed E-state index contributed by atoms with van der Waals surface area (Å²) in [6.45, 7) is 0. The number of pyridine rings is 1. The van der Waals surface area contributed by atoms with Crippen LogP contribution in [0.4, 0.5) is 11.5 Å².